The van der Waals surface area contributed by atoms with Crippen LogP contribution in [0.25, 0.3) is 22.3 Å². The molecule has 0 nitrogen and oxygen atoms in total. The van der Waals surface area contributed by atoms with Crippen LogP contribution in [0.4, 0.5) is 4.39 Å². The number of benzene rings is 3. The van der Waals surface area contributed by atoms with Gasteiger partial charge in [0.2, 0.25) is 0 Å². The number of hydrogen-bond donors (Lipinski definition) is 0. The van der Waals surface area contributed by atoms with Gasteiger partial charge in [-0.05, 0) is 28.8 Å². The molecule has 0 aliphatic carbocycles. The molecule has 0 amide bonds. The van der Waals surface area contributed by atoms with E-state index in [1.54, 1.807) is 6.07 Å². The predicted molar refractivity (Wildman–Crippen MR) is 76.1 cm³/mol. The summed E-state index contributed by atoms with van der Waals surface area (Å²) in [5, 5.41) is 0. The first-order valence-electron chi connectivity index (χ1n) is 6.17. The molecule has 3 aromatic carbocycles. The second kappa shape index (κ2) is 5.07. The SMILES string of the molecule is Fc1[c]cc(-c2ccccc2)cc1-c1ccccc1. The van der Waals surface area contributed by atoms with E-state index in [1.807, 2.05) is 66.7 Å². The number of halogens is 1. The zero-order chi connectivity index (χ0) is 13.1. The van der Waals surface area contributed by atoms with Crippen LogP contribution >= 0.6 is 0 Å². The Morgan fingerprint density at radius 2 is 1.26 bits per heavy atom. The second-order valence-corrected chi connectivity index (χ2v) is 4.35. The van der Waals surface area contributed by atoms with Crippen LogP contribution in [0, 0.1) is 11.9 Å². The van der Waals surface area contributed by atoms with Crippen molar-refractivity contribution in [1.82, 2.24) is 0 Å². The molecule has 0 fully saturated rings. The normalized spacial score (nSPS) is 10.4. The Morgan fingerprint density at radius 3 is 1.89 bits per heavy atom. The molecule has 0 heterocycles. The van der Waals surface area contributed by atoms with E-state index >= 15 is 0 Å². The first-order valence-corrected chi connectivity index (χ1v) is 6.17. The summed E-state index contributed by atoms with van der Waals surface area (Å²) in [6.07, 6.45) is 0. The van der Waals surface area contributed by atoms with Crippen LogP contribution < -0.4 is 0 Å². The van der Waals surface area contributed by atoms with Crippen LogP contribution in [0.3, 0.4) is 0 Å². The minimum atomic E-state index is -0.314. The molecular weight excluding hydrogens is 235 g/mol. The van der Waals surface area contributed by atoms with E-state index in [2.05, 4.69) is 6.07 Å². The third-order valence-electron chi connectivity index (χ3n) is 3.08. The van der Waals surface area contributed by atoms with Crippen LogP contribution in [0.5, 0.6) is 0 Å². The van der Waals surface area contributed by atoms with Crippen molar-refractivity contribution >= 4 is 0 Å². The lowest BCUT2D eigenvalue weighted by molar-refractivity contribution is 0.629. The van der Waals surface area contributed by atoms with Crippen LogP contribution in [0.2, 0.25) is 0 Å². The van der Waals surface area contributed by atoms with E-state index in [0.717, 1.165) is 16.7 Å². The van der Waals surface area contributed by atoms with Crippen LogP contribution in [0.1, 0.15) is 0 Å². The van der Waals surface area contributed by atoms with E-state index < -0.39 is 0 Å². The topological polar surface area (TPSA) is 0 Å². The molecule has 3 aromatic rings. The average Bonchev–Trinajstić information content (AvgIpc) is 2.49. The van der Waals surface area contributed by atoms with Gasteiger partial charge in [-0.15, -0.1) is 0 Å². The predicted octanol–water partition coefficient (Wildman–Crippen LogP) is 4.96. The minimum Gasteiger partial charge on any atom is -0.206 e. The fraction of sp³-hybridized carbons (Fsp3) is 0. The molecule has 0 aromatic heterocycles. The number of hydrogen-bond acceptors (Lipinski definition) is 0. The zero-order valence-electron chi connectivity index (χ0n) is 10.3. The van der Waals surface area contributed by atoms with E-state index in [4.69, 9.17) is 0 Å². The highest BCUT2D eigenvalue weighted by atomic mass is 19.1. The maximum Gasteiger partial charge on any atom is 0.138 e. The molecule has 0 spiro atoms. The summed E-state index contributed by atoms with van der Waals surface area (Å²) in [6.45, 7) is 0. The molecule has 19 heavy (non-hydrogen) atoms. The lowest BCUT2D eigenvalue weighted by atomic mass is 9.99. The van der Waals surface area contributed by atoms with Crippen molar-refractivity contribution in [3.05, 3.63) is 84.7 Å². The molecule has 0 aliphatic rings. The van der Waals surface area contributed by atoms with Gasteiger partial charge in [-0.1, -0.05) is 60.7 Å². The molecule has 0 aliphatic heterocycles. The monoisotopic (exact) mass is 247 g/mol. The summed E-state index contributed by atoms with van der Waals surface area (Å²) < 4.78 is 13.9. The molecule has 0 atom stereocenters. The lowest BCUT2D eigenvalue weighted by Gasteiger charge is -2.07. The van der Waals surface area contributed by atoms with Crippen molar-refractivity contribution < 1.29 is 4.39 Å². The average molecular weight is 247 g/mol. The molecule has 1 heteroatoms. The molecule has 0 saturated heterocycles. The van der Waals surface area contributed by atoms with Crippen LogP contribution in [-0.2, 0) is 0 Å². The van der Waals surface area contributed by atoms with Crippen molar-refractivity contribution in [1.29, 1.82) is 0 Å². The maximum absolute atomic E-state index is 13.9. The van der Waals surface area contributed by atoms with E-state index in [9.17, 15) is 4.39 Å². The van der Waals surface area contributed by atoms with Crippen LogP contribution in [0.15, 0.2) is 72.8 Å². The zero-order valence-corrected chi connectivity index (χ0v) is 10.3. The van der Waals surface area contributed by atoms with Crippen molar-refractivity contribution in [3.8, 4) is 22.3 Å². The molecule has 0 saturated carbocycles. The molecule has 91 valence electrons. The Hall–Kier alpha value is -2.41. The standard InChI is InChI=1S/C18H12F/c19-18-12-11-16(14-7-3-1-4-8-14)13-17(18)15-9-5-2-6-10-15/h1-11,13H. The fourth-order valence-electron chi connectivity index (χ4n) is 2.10. The van der Waals surface area contributed by atoms with Gasteiger partial charge in [-0.25, -0.2) is 4.39 Å². The quantitative estimate of drug-likeness (QED) is 0.600. The smallest absolute Gasteiger partial charge is 0.138 e. The number of rotatable bonds is 2. The van der Waals surface area contributed by atoms with Crippen molar-refractivity contribution in [3.63, 3.8) is 0 Å². The summed E-state index contributed by atoms with van der Waals surface area (Å²) in [5.74, 6) is -0.314. The van der Waals surface area contributed by atoms with Gasteiger partial charge in [0.25, 0.3) is 0 Å². The summed E-state index contributed by atoms with van der Waals surface area (Å²) >= 11 is 0. The van der Waals surface area contributed by atoms with Crippen molar-refractivity contribution in [2.24, 2.45) is 0 Å². The second-order valence-electron chi connectivity index (χ2n) is 4.35. The highest BCUT2D eigenvalue weighted by Crippen LogP contribution is 2.28. The maximum atomic E-state index is 13.9. The molecule has 0 N–H and O–H groups in total. The molecule has 0 bridgehead atoms. The first-order chi connectivity index (χ1) is 9.34. The highest BCUT2D eigenvalue weighted by molar-refractivity contribution is 5.73. The third kappa shape index (κ3) is 2.41. The van der Waals surface area contributed by atoms with Crippen molar-refractivity contribution in [2.75, 3.05) is 0 Å². The van der Waals surface area contributed by atoms with Gasteiger partial charge in [-0.2, -0.15) is 0 Å². The van der Waals surface area contributed by atoms with E-state index in [-0.39, 0.29) is 5.82 Å². The Labute approximate surface area is 112 Å². The molecule has 0 unspecified atom stereocenters. The Morgan fingerprint density at radius 1 is 0.684 bits per heavy atom. The van der Waals surface area contributed by atoms with Gasteiger partial charge in [0.05, 0.1) is 0 Å². The highest BCUT2D eigenvalue weighted by Gasteiger charge is 2.07. The largest absolute Gasteiger partial charge is 0.206 e. The summed E-state index contributed by atoms with van der Waals surface area (Å²) in [7, 11) is 0. The minimum absolute atomic E-state index is 0.314. The van der Waals surface area contributed by atoms with Gasteiger partial charge in [0.1, 0.15) is 5.82 Å². The lowest BCUT2D eigenvalue weighted by Crippen LogP contribution is -1.86. The third-order valence-corrected chi connectivity index (χ3v) is 3.08. The molecule has 1 radical (unpaired) electrons. The molecular formula is C18H12F. The van der Waals surface area contributed by atoms with E-state index in [1.165, 1.54) is 0 Å². The first kappa shape index (κ1) is 11.7. The Kier molecular flexibility index (Phi) is 3.11. The summed E-state index contributed by atoms with van der Waals surface area (Å²) in [6, 6.07) is 25.7. The fourth-order valence-corrected chi connectivity index (χ4v) is 2.10. The summed E-state index contributed by atoms with van der Waals surface area (Å²) in [5.41, 5.74) is 3.49. The van der Waals surface area contributed by atoms with Crippen LogP contribution in [-0.4, -0.2) is 0 Å². The Bertz CT molecular complexity index is 673. The van der Waals surface area contributed by atoms with Gasteiger partial charge >= 0.3 is 0 Å². The van der Waals surface area contributed by atoms with Gasteiger partial charge in [-0.3, -0.25) is 0 Å². The van der Waals surface area contributed by atoms with E-state index in [0.29, 0.717) is 5.56 Å². The van der Waals surface area contributed by atoms with Gasteiger partial charge < -0.3 is 0 Å². The summed E-state index contributed by atoms with van der Waals surface area (Å²) in [4.78, 5) is 0. The van der Waals surface area contributed by atoms with Gasteiger partial charge in [0, 0.05) is 11.6 Å². The van der Waals surface area contributed by atoms with Gasteiger partial charge in [0.15, 0.2) is 0 Å². The Balaban J connectivity index is 2.12. The molecule has 3 rings (SSSR count). The van der Waals surface area contributed by atoms with Crippen molar-refractivity contribution in [2.45, 2.75) is 0 Å².